The zero-order valence-corrected chi connectivity index (χ0v) is 8.55. The number of hydrogen-bond donors (Lipinski definition) is 3. The average molecular weight is 220 g/mol. The number of nitrogens with zero attached hydrogens (tertiary/aromatic N) is 2. The van der Waals surface area contributed by atoms with E-state index in [1.54, 1.807) is 24.5 Å². The van der Waals surface area contributed by atoms with Crippen LogP contribution in [0.5, 0.6) is 0 Å². The smallest absolute Gasteiger partial charge is 0.238 e. The van der Waals surface area contributed by atoms with Crippen LogP contribution in [-0.4, -0.2) is 21.9 Å². The van der Waals surface area contributed by atoms with Gasteiger partial charge in [0, 0.05) is 6.20 Å². The first-order valence-electron chi connectivity index (χ1n) is 4.88. The molecule has 1 saturated carbocycles. The Kier molecular flexibility index (Phi) is 2.47. The Bertz CT molecular complexity index is 426. The summed E-state index contributed by atoms with van der Waals surface area (Å²) in [6.45, 7) is 0. The Labute approximate surface area is 92.2 Å². The Hall–Kier alpha value is -2.11. The SMILES string of the molecule is N/C(=N/O)C1(C(=O)Nc2cccnc2)CC1. The van der Waals surface area contributed by atoms with Crippen molar-refractivity contribution in [3.8, 4) is 0 Å². The van der Waals surface area contributed by atoms with Crippen molar-refractivity contribution in [2.75, 3.05) is 5.32 Å². The molecule has 84 valence electrons. The van der Waals surface area contributed by atoms with Crippen molar-refractivity contribution in [1.29, 1.82) is 0 Å². The van der Waals surface area contributed by atoms with Crippen LogP contribution in [-0.2, 0) is 4.79 Å². The molecular weight excluding hydrogens is 208 g/mol. The molecule has 1 heterocycles. The van der Waals surface area contributed by atoms with E-state index in [2.05, 4.69) is 15.5 Å². The monoisotopic (exact) mass is 220 g/mol. The van der Waals surface area contributed by atoms with Crippen molar-refractivity contribution >= 4 is 17.4 Å². The Morgan fingerprint density at radius 3 is 2.88 bits per heavy atom. The molecule has 1 aliphatic rings. The minimum atomic E-state index is -0.829. The number of pyridine rings is 1. The number of hydrogen-bond acceptors (Lipinski definition) is 4. The predicted octanol–water partition coefficient (Wildman–Crippen LogP) is 0.547. The predicted molar refractivity (Wildman–Crippen MR) is 57.9 cm³/mol. The van der Waals surface area contributed by atoms with Crippen LogP contribution < -0.4 is 11.1 Å². The summed E-state index contributed by atoms with van der Waals surface area (Å²) in [5.74, 6) is -0.287. The highest BCUT2D eigenvalue weighted by Gasteiger charge is 2.54. The van der Waals surface area contributed by atoms with Gasteiger partial charge in [-0.05, 0) is 25.0 Å². The number of nitrogens with one attached hydrogen (secondary N) is 1. The molecule has 4 N–H and O–H groups in total. The molecule has 0 radical (unpaired) electrons. The van der Waals surface area contributed by atoms with Crippen LogP contribution in [0.4, 0.5) is 5.69 Å². The van der Waals surface area contributed by atoms with Crippen LogP contribution in [0.2, 0.25) is 0 Å². The van der Waals surface area contributed by atoms with E-state index in [4.69, 9.17) is 10.9 Å². The second kappa shape index (κ2) is 3.80. The molecule has 0 aromatic carbocycles. The lowest BCUT2D eigenvalue weighted by molar-refractivity contribution is -0.119. The van der Waals surface area contributed by atoms with Gasteiger partial charge < -0.3 is 16.3 Å². The zero-order valence-electron chi connectivity index (χ0n) is 8.55. The molecular formula is C10H12N4O2. The molecule has 1 amide bonds. The van der Waals surface area contributed by atoms with Crippen LogP contribution in [0.1, 0.15) is 12.8 Å². The summed E-state index contributed by atoms with van der Waals surface area (Å²) in [5, 5.41) is 14.2. The first kappa shape index (κ1) is 10.4. The number of oxime groups is 1. The third-order valence-electron chi connectivity index (χ3n) is 2.70. The largest absolute Gasteiger partial charge is 0.409 e. The van der Waals surface area contributed by atoms with Crippen LogP contribution >= 0.6 is 0 Å². The second-order valence-corrected chi connectivity index (χ2v) is 3.76. The first-order valence-corrected chi connectivity index (χ1v) is 4.88. The van der Waals surface area contributed by atoms with Crippen molar-refractivity contribution in [1.82, 2.24) is 4.98 Å². The number of nitrogens with two attached hydrogens (primary N) is 1. The number of carbonyl (C=O) groups is 1. The maximum atomic E-state index is 11.9. The van der Waals surface area contributed by atoms with Crippen molar-refractivity contribution < 1.29 is 10.0 Å². The summed E-state index contributed by atoms with van der Waals surface area (Å²) in [6.07, 6.45) is 4.37. The average Bonchev–Trinajstić information content (AvgIpc) is 3.10. The molecule has 1 aromatic rings. The van der Waals surface area contributed by atoms with Gasteiger partial charge in [-0.1, -0.05) is 5.16 Å². The van der Waals surface area contributed by atoms with Gasteiger partial charge in [0.25, 0.3) is 0 Å². The molecule has 0 saturated heterocycles. The van der Waals surface area contributed by atoms with Crippen molar-refractivity contribution in [2.24, 2.45) is 16.3 Å². The van der Waals surface area contributed by atoms with Gasteiger partial charge in [0.15, 0.2) is 5.84 Å². The summed E-state index contributed by atoms with van der Waals surface area (Å²) < 4.78 is 0. The van der Waals surface area contributed by atoms with E-state index in [0.29, 0.717) is 18.5 Å². The third-order valence-corrected chi connectivity index (χ3v) is 2.70. The molecule has 0 bridgehead atoms. The Balaban J connectivity index is 2.10. The van der Waals surface area contributed by atoms with Crippen LogP contribution in [0.25, 0.3) is 0 Å². The van der Waals surface area contributed by atoms with Gasteiger partial charge in [-0.3, -0.25) is 9.78 Å². The molecule has 6 heteroatoms. The lowest BCUT2D eigenvalue weighted by atomic mass is 10.1. The van der Waals surface area contributed by atoms with Crippen molar-refractivity contribution in [2.45, 2.75) is 12.8 Å². The van der Waals surface area contributed by atoms with E-state index in [0.717, 1.165) is 0 Å². The number of rotatable bonds is 3. The summed E-state index contributed by atoms with van der Waals surface area (Å²) in [4.78, 5) is 15.8. The molecule has 16 heavy (non-hydrogen) atoms. The highest BCUT2D eigenvalue weighted by molar-refractivity contribution is 6.14. The molecule has 6 nitrogen and oxygen atoms in total. The van der Waals surface area contributed by atoms with Gasteiger partial charge >= 0.3 is 0 Å². The van der Waals surface area contributed by atoms with Gasteiger partial charge in [-0.15, -0.1) is 0 Å². The summed E-state index contributed by atoms with van der Waals surface area (Å²) >= 11 is 0. The van der Waals surface area contributed by atoms with Gasteiger partial charge in [-0.2, -0.15) is 0 Å². The highest BCUT2D eigenvalue weighted by atomic mass is 16.4. The van der Waals surface area contributed by atoms with E-state index in [1.807, 2.05) is 0 Å². The van der Waals surface area contributed by atoms with E-state index >= 15 is 0 Å². The fourth-order valence-electron chi connectivity index (χ4n) is 1.51. The highest BCUT2D eigenvalue weighted by Crippen LogP contribution is 2.46. The van der Waals surface area contributed by atoms with Crippen LogP contribution in [0, 0.1) is 5.41 Å². The number of amidine groups is 1. The molecule has 0 spiro atoms. The number of carbonyl (C=O) groups excluding carboxylic acids is 1. The number of aromatic nitrogens is 1. The fourth-order valence-corrected chi connectivity index (χ4v) is 1.51. The summed E-state index contributed by atoms with van der Waals surface area (Å²) in [6, 6.07) is 3.45. The molecule has 1 aromatic heterocycles. The first-order chi connectivity index (χ1) is 7.69. The minimum absolute atomic E-state index is 0.0334. The van der Waals surface area contributed by atoms with Crippen LogP contribution in [0.3, 0.4) is 0 Å². The molecule has 0 unspecified atom stereocenters. The molecule has 0 aliphatic heterocycles. The standard InChI is InChI=1S/C10H12N4O2/c11-8(14-16)10(3-4-10)9(15)13-7-2-1-5-12-6-7/h1-2,5-6,16H,3-4H2,(H2,11,14)(H,13,15). The van der Waals surface area contributed by atoms with E-state index in [1.165, 1.54) is 0 Å². The third kappa shape index (κ3) is 1.69. The Morgan fingerprint density at radius 2 is 2.38 bits per heavy atom. The number of anilines is 1. The van der Waals surface area contributed by atoms with Gasteiger partial charge in [0.05, 0.1) is 11.9 Å². The lowest BCUT2D eigenvalue weighted by Gasteiger charge is -2.13. The maximum absolute atomic E-state index is 11.9. The zero-order chi connectivity index (χ0) is 11.6. The topological polar surface area (TPSA) is 101 Å². The molecule has 1 aliphatic carbocycles. The van der Waals surface area contributed by atoms with Crippen molar-refractivity contribution in [3.05, 3.63) is 24.5 Å². The maximum Gasteiger partial charge on any atom is 0.238 e. The summed E-state index contributed by atoms with van der Waals surface area (Å²) in [5.41, 5.74) is 5.26. The minimum Gasteiger partial charge on any atom is -0.409 e. The van der Waals surface area contributed by atoms with Gasteiger partial charge in [0.2, 0.25) is 5.91 Å². The second-order valence-electron chi connectivity index (χ2n) is 3.76. The van der Waals surface area contributed by atoms with E-state index in [9.17, 15) is 4.79 Å². The normalized spacial score (nSPS) is 17.9. The number of amides is 1. The lowest BCUT2D eigenvalue weighted by Crippen LogP contribution is -2.36. The quantitative estimate of drug-likeness (QED) is 0.299. The molecule has 1 fully saturated rings. The van der Waals surface area contributed by atoms with Gasteiger partial charge in [-0.25, -0.2) is 0 Å². The Morgan fingerprint density at radius 1 is 1.62 bits per heavy atom. The van der Waals surface area contributed by atoms with Crippen LogP contribution in [0.15, 0.2) is 29.7 Å². The molecule has 0 atom stereocenters. The molecule has 2 rings (SSSR count). The van der Waals surface area contributed by atoms with Crippen molar-refractivity contribution in [3.63, 3.8) is 0 Å². The van der Waals surface area contributed by atoms with E-state index in [-0.39, 0.29) is 11.7 Å². The van der Waals surface area contributed by atoms with E-state index < -0.39 is 5.41 Å². The fraction of sp³-hybridized carbons (Fsp3) is 0.300. The summed E-state index contributed by atoms with van der Waals surface area (Å²) in [7, 11) is 0. The van der Waals surface area contributed by atoms with Gasteiger partial charge in [0.1, 0.15) is 5.41 Å².